The van der Waals surface area contributed by atoms with Gasteiger partial charge in [-0.05, 0) is 69.1 Å². The van der Waals surface area contributed by atoms with Crippen molar-refractivity contribution in [3.05, 3.63) is 59.7 Å². The van der Waals surface area contributed by atoms with Gasteiger partial charge in [-0.2, -0.15) is 0 Å². The van der Waals surface area contributed by atoms with E-state index in [2.05, 4.69) is 24.3 Å². The standard InChI is InChI=1S/C20H27NO2/c1-4-22-19-9-6-8-17(13-19)18(14-21)11-16-7-5-10-20(12-16)23-15(2)3/h5-10,12-13,15,18H,4,11,14,21H2,1-3H3. The number of nitrogens with two attached hydrogens (primary N) is 1. The Morgan fingerprint density at radius 3 is 2.43 bits per heavy atom. The van der Waals surface area contributed by atoms with Gasteiger partial charge in [0.25, 0.3) is 0 Å². The third-order valence-electron chi connectivity index (χ3n) is 3.68. The molecule has 2 aromatic carbocycles. The third-order valence-corrected chi connectivity index (χ3v) is 3.68. The minimum Gasteiger partial charge on any atom is -0.494 e. The molecule has 0 heterocycles. The van der Waals surface area contributed by atoms with Crippen molar-refractivity contribution < 1.29 is 9.47 Å². The van der Waals surface area contributed by atoms with E-state index in [1.807, 2.05) is 45.0 Å². The molecule has 1 atom stereocenters. The van der Waals surface area contributed by atoms with Crippen LogP contribution in [0.4, 0.5) is 0 Å². The zero-order chi connectivity index (χ0) is 16.7. The van der Waals surface area contributed by atoms with Gasteiger partial charge in [-0.3, -0.25) is 0 Å². The Morgan fingerprint density at radius 1 is 1.00 bits per heavy atom. The van der Waals surface area contributed by atoms with Gasteiger partial charge in [-0.1, -0.05) is 24.3 Å². The van der Waals surface area contributed by atoms with Gasteiger partial charge < -0.3 is 15.2 Å². The zero-order valence-electron chi connectivity index (χ0n) is 14.3. The summed E-state index contributed by atoms with van der Waals surface area (Å²) in [5.74, 6) is 2.08. The highest BCUT2D eigenvalue weighted by atomic mass is 16.5. The smallest absolute Gasteiger partial charge is 0.119 e. The fourth-order valence-corrected chi connectivity index (χ4v) is 2.66. The van der Waals surface area contributed by atoms with Crippen molar-refractivity contribution in [2.45, 2.75) is 39.2 Å². The van der Waals surface area contributed by atoms with Crippen molar-refractivity contribution in [3.8, 4) is 11.5 Å². The molecule has 0 aliphatic heterocycles. The molecule has 0 spiro atoms. The molecule has 0 aromatic heterocycles. The van der Waals surface area contributed by atoms with E-state index in [1.54, 1.807) is 0 Å². The third kappa shape index (κ3) is 5.29. The molecule has 0 saturated heterocycles. The van der Waals surface area contributed by atoms with Crippen LogP contribution in [0.1, 0.15) is 37.8 Å². The minimum absolute atomic E-state index is 0.179. The summed E-state index contributed by atoms with van der Waals surface area (Å²) in [7, 11) is 0. The van der Waals surface area contributed by atoms with Crippen molar-refractivity contribution >= 4 is 0 Å². The molecule has 0 aliphatic carbocycles. The highest BCUT2D eigenvalue weighted by Crippen LogP contribution is 2.25. The van der Waals surface area contributed by atoms with Crippen LogP contribution >= 0.6 is 0 Å². The summed E-state index contributed by atoms with van der Waals surface area (Å²) in [6.45, 7) is 7.34. The van der Waals surface area contributed by atoms with Gasteiger partial charge in [-0.25, -0.2) is 0 Å². The summed E-state index contributed by atoms with van der Waals surface area (Å²) >= 11 is 0. The van der Waals surface area contributed by atoms with E-state index >= 15 is 0 Å². The molecule has 0 fully saturated rings. The fourth-order valence-electron chi connectivity index (χ4n) is 2.66. The van der Waals surface area contributed by atoms with E-state index in [0.29, 0.717) is 13.2 Å². The van der Waals surface area contributed by atoms with E-state index in [0.717, 1.165) is 17.9 Å². The lowest BCUT2D eigenvalue weighted by Crippen LogP contribution is -2.15. The van der Waals surface area contributed by atoms with Crippen LogP contribution in [0, 0.1) is 0 Å². The maximum absolute atomic E-state index is 6.02. The first-order valence-corrected chi connectivity index (χ1v) is 8.30. The van der Waals surface area contributed by atoms with Gasteiger partial charge in [0.2, 0.25) is 0 Å². The van der Waals surface area contributed by atoms with Gasteiger partial charge in [0.1, 0.15) is 11.5 Å². The Labute approximate surface area is 139 Å². The monoisotopic (exact) mass is 313 g/mol. The number of hydrogen-bond acceptors (Lipinski definition) is 3. The summed E-state index contributed by atoms with van der Waals surface area (Å²) in [5, 5.41) is 0. The lowest BCUT2D eigenvalue weighted by atomic mass is 9.92. The Kier molecular flexibility index (Phi) is 6.48. The molecule has 23 heavy (non-hydrogen) atoms. The molecule has 0 aliphatic rings. The lowest BCUT2D eigenvalue weighted by Gasteiger charge is -2.17. The first kappa shape index (κ1) is 17.4. The molecule has 2 N–H and O–H groups in total. The fraction of sp³-hybridized carbons (Fsp3) is 0.400. The van der Waals surface area contributed by atoms with Crippen LogP contribution in [0.3, 0.4) is 0 Å². The molecule has 2 rings (SSSR count). The van der Waals surface area contributed by atoms with Crippen molar-refractivity contribution in [2.24, 2.45) is 5.73 Å². The van der Waals surface area contributed by atoms with Crippen molar-refractivity contribution in [3.63, 3.8) is 0 Å². The average Bonchev–Trinajstić information content (AvgIpc) is 2.53. The Balaban J connectivity index is 2.14. The molecule has 3 nitrogen and oxygen atoms in total. The van der Waals surface area contributed by atoms with Crippen LogP contribution in [-0.4, -0.2) is 19.3 Å². The molecule has 0 saturated carbocycles. The van der Waals surface area contributed by atoms with Crippen LogP contribution in [0.2, 0.25) is 0 Å². The number of rotatable bonds is 8. The Morgan fingerprint density at radius 2 is 1.74 bits per heavy atom. The molecule has 2 aromatic rings. The van der Waals surface area contributed by atoms with Gasteiger partial charge in [-0.15, -0.1) is 0 Å². The largest absolute Gasteiger partial charge is 0.494 e. The molecular formula is C20H27NO2. The van der Waals surface area contributed by atoms with Gasteiger partial charge in [0.15, 0.2) is 0 Å². The first-order chi connectivity index (χ1) is 11.1. The second-order valence-corrected chi connectivity index (χ2v) is 5.96. The second kappa shape index (κ2) is 8.59. The van der Waals surface area contributed by atoms with Crippen LogP contribution in [0.5, 0.6) is 11.5 Å². The predicted octanol–water partition coefficient (Wildman–Crippen LogP) is 4.16. The van der Waals surface area contributed by atoms with Crippen LogP contribution in [0.25, 0.3) is 0 Å². The van der Waals surface area contributed by atoms with E-state index in [1.165, 1.54) is 11.1 Å². The highest BCUT2D eigenvalue weighted by Gasteiger charge is 2.12. The first-order valence-electron chi connectivity index (χ1n) is 8.30. The molecule has 0 amide bonds. The lowest BCUT2D eigenvalue weighted by molar-refractivity contribution is 0.242. The summed E-state index contributed by atoms with van der Waals surface area (Å²) in [6.07, 6.45) is 1.07. The van der Waals surface area contributed by atoms with E-state index in [-0.39, 0.29) is 12.0 Å². The number of benzene rings is 2. The van der Waals surface area contributed by atoms with E-state index < -0.39 is 0 Å². The highest BCUT2D eigenvalue weighted by molar-refractivity contribution is 5.34. The quantitative estimate of drug-likeness (QED) is 0.796. The van der Waals surface area contributed by atoms with E-state index in [9.17, 15) is 0 Å². The van der Waals surface area contributed by atoms with E-state index in [4.69, 9.17) is 15.2 Å². The zero-order valence-corrected chi connectivity index (χ0v) is 14.3. The summed E-state index contributed by atoms with van der Waals surface area (Å²) in [6, 6.07) is 16.5. The van der Waals surface area contributed by atoms with Crippen LogP contribution in [-0.2, 0) is 6.42 Å². The predicted molar refractivity (Wildman–Crippen MR) is 95.3 cm³/mol. The van der Waals surface area contributed by atoms with Crippen molar-refractivity contribution in [1.82, 2.24) is 0 Å². The Bertz CT molecular complexity index is 610. The number of ether oxygens (including phenoxy) is 2. The minimum atomic E-state index is 0.179. The van der Waals surface area contributed by atoms with Crippen molar-refractivity contribution in [1.29, 1.82) is 0 Å². The molecule has 124 valence electrons. The molecule has 0 bridgehead atoms. The average molecular weight is 313 g/mol. The molecule has 1 unspecified atom stereocenters. The molecule has 0 radical (unpaired) electrons. The van der Waals surface area contributed by atoms with Gasteiger partial charge in [0, 0.05) is 5.92 Å². The SMILES string of the molecule is CCOc1cccc(C(CN)Cc2cccc(OC(C)C)c2)c1. The van der Waals surface area contributed by atoms with Gasteiger partial charge in [0.05, 0.1) is 12.7 Å². The summed E-state index contributed by atoms with van der Waals surface area (Å²) < 4.78 is 11.4. The summed E-state index contributed by atoms with van der Waals surface area (Å²) in [4.78, 5) is 0. The number of hydrogen-bond donors (Lipinski definition) is 1. The second-order valence-electron chi connectivity index (χ2n) is 5.96. The maximum Gasteiger partial charge on any atom is 0.119 e. The van der Waals surface area contributed by atoms with Gasteiger partial charge >= 0.3 is 0 Å². The van der Waals surface area contributed by atoms with Crippen LogP contribution < -0.4 is 15.2 Å². The molecule has 3 heteroatoms. The maximum atomic E-state index is 6.02. The Hall–Kier alpha value is -2.00. The normalized spacial score (nSPS) is 12.2. The van der Waals surface area contributed by atoms with Crippen molar-refractivity contribution in [2.75, 3.05) is 13.2 Å². The topological polar surface area (TPSA) is 44.5 Å². The summed E-state index contributed by atoms with van der Waals surface area (Å²) in [5.41, 5.74) is 8.48. The molecular weight excluding hydrogens is 286 g/mol. The van der Waals surface area contributed by atoms with Crippen LogP contribution in [0.15, 0.2) is 48.5 Å².